The summed E-state index contributed by atoms with van der Waals surface area (Å²) >= 11 is 0. The number of imidazole rings is 1. The number of nitrogens with one attached hydrogen (secondary N) is 1. The fourth-order valence-electron chi connectivity index (χ4n) is 2.64. The SMILES string of the molecule is COCCn1nnc(C2CN(c3ncnc4nc[nH]c34)CCO2)n1. The molecule has 4 heterocycles. The molecule has 1 saturated heterocycles. The molecule has 1 N–H and O–H groups in total. The third kappa shape index (κ3) is 2.78. The summed E-state index contributed by atoms with van der Waals surface area (Å²) in [5.74, 6) is 1.36. The Morgan fingerprint density at radius 2 is 2.33 bits per heavy atom. The van der Waals surface area contributed by atoms with Gasteiger partial charge in [0.25, 0.3) is 0 Å². The number of tetrazole rings is 1. The molecule has 24 heavy (non-hydrogen) atoms. The van der Waals surface area contributed by atoms with Crippen LogP contribution in [0.3, 0.4) is 0 Å². The number of H-pyrrole nitrogens is 1. The molecule has 3 aromatic heterocycles. The average Bonchev–Trinajstić information content (AvgIpc) is 3.29. The van der Waals surface area contributed by atoms with Crippen molar-refractivity contribution in [3.63, 3.8) is 0 Å². The Morgan fingerprint density at radius 1 is 1.38 bits per heavy atom. The van der Waals surface area contributed by atoms with Crippen LogP contribution in [0.1, 0.15) is 11.9 Å². The van der Waals surface area contributed by atoms with Crippen LogP contribution in [0.15, 0.2) is 12.7 Å². The molecule has 0 bridgehead atoms. The lowest BCUT2D eigenvalue weighted by molar-refractivity contribution is 0.0335. The van der Waals surface area contributed by atoms with Gasteiger partial charge in [0.05, 0.1) is 32.6 Å². The molecule has 11 heteroatoms. The zero-order chi connectivity index (χ0) is 16.4. The molecule has 0 saturated carbocycles. The minimum Gasteiger partial charge on any atom is -0.383 e. The Balaban J connectivity index is 1.53. The molecule has 1 fully saturated rings. The van der Waals surface area contributed by atoms with Crippen molar-refractivity contribution < 1.29 is 9.47 Å². The Bertz CT molecular complexity index is 816. The first-order valence-electron chi connectivity index (χ1n) is 7.62. The quantitative estimate of drug-likeness (QED) is 0.663. The molecule has 0 spiro atoms. The highest BCUT2D eigenvalue weighted by Gasteiger charge is 2.28. The monoisotopic (exact) mass is 331 g/mol. The van der Waals surface area contributed by atoms with Crippen molar-refractivity contribution in [2.24, 2.45) is 0 Å². The summed E-state index contributed by atoms with van der Waals surface area (Å²) in [5, 5.41) is 12.5. The lowest BCUT2D eigenvalue weighted by atomic mass is 10.2. The molecule has 4 rings (SSSR count). The summed E-state index contributed by atoms with van der Waals surface area (Å²) in [6.45, 7) is 2.95. The van der Waals surface area contributed by atoms with E-state index < -0.39 is 0 Å². The van der Waals surface area contributed by atoms with Gasteiger partial charge in [-0.05, 0) is 5.21 Å². The Morgan fingerprint density at radius 3 is 3.25 bits per heavy atom. The van der Waals surface area contributed by atoms with E-state index in [1.807, 2.05) is 0 Å². The van der Waals surface area contributed by atoms with Gasteiger partial charge in [-0.25, -0.2) is 15.0 Å². The second-order valence-corrected chi connectivity index (χ2v) is 5.34. The number of rotatable bonds is 5. The maximum Gasteiger partial charge on any atom is 0.205 e. The van der Waals surface area contributed by atoms with Crippen LogP contribution < -0.4 is 4.90 Å². The highest BCUT2D eigenvalue weighted by atomic mass is 16.5. The van der Waals surface area contributed by atoms with Gasteiger partial charge in [-0.3, -0.25) is 0 Å². The van der Waals surface area contributed by atoms with Crippen molar-refractivity contribution in [3.8, 4) is 0 Å². The Labute approximate surface area is 137 Å². The molecular formula is C13H17N9O2. The Hall–Kier alpha value is -2.66. The minimum absolute atomic E-state index is 0.261. The molecule has 3 aromatic rings. The number of hydrogen-bond donors (Lipinski definition) is 1. The molecule has 1 atom stereocenters. The van der Waals surface area contributed by atoms with Crippen molar-refractivity contribution in [2.45, 2.75) is 12.6 Å². The number of anilines is 1. The number of fused-ring (bicyclic) bond motifs is 1. The van der Waals surface area contributed by atoms with Gasteiger partial charge in [0, 0.05) is 13.7 Å². The van der Waals surface area contributed by atoms with Crippen molar-refractivity contribution >= 4 is 17.0 Å². The third-order valence-corrected chi connectivity index (χ3v) is 3.82. The number of morpholine rings is 1. The van der Waals surface area contributed by atoms with E-state index >= 15 is 0 Å². The summed E-state index contributed by atoms with van der Waals surface area (Å²) in [7, 11) is 1.64. The molecule has 0 amide bonds. The number of ether oxygens (including phenoxy) is 2. The van der Waals surface area contributed by atoms with E-state index in [4.69, 9.17) is 9.47 Å². The van der Waals surface area contributed by atoms with Gasteiger partial charge in [0.2, 0.25) is 5.82 Å². The van der Waals surface area contributed by atoms with Crippen LogP contribution in [0.4, 0.5) is 5.82 Å². The molecular weight excluding hydrogens is 314 g/mol. The Kier molecular flexibility index (Phi) is 4.01. The first kappa shape index (κ1) is 14.9. The van der Waals surface area contributed by atoms with E-state index in [-0.39, 0.29) is 6.10 Å². The molecule has 0 aliphatic carbocycles. The smallest absolute Gasteiger partial charge is 0.205 e. The number of aromatic amines is 1. The van der Waals surface area contributed by atoms with Crippen LogP contribution in [0.25, 0.3) is 11.2 Å². The predicted octanol–water partition coefficient (Wildman–Crippen LogP) is -0.436. The zero-order valence-electron chi connectivity index (χ0n) is 13.2. The minimum atomic E-state index is -0.261. The van der Waals surface area contributed by atoms with E-state index in [0.29, 0.717) is 37.8 Å². The van der Waals surface area contributed by atoms with Crippen molar-refractivity contribution in [3.05, 3.63) is 18.5 Å². The van der Waals surface area contributed by atoms with Gasteiger partial charge >= 0.3 is 0 Å². The predicted molar refractivity (Wildman–Crippen MR) is 82.3 cm³/mol. The summed E-state index contributed by atoms with van der Waals surface area (Å²) in [5.41, 5.74) is 1.46. The van der Waals surface area contributed by atoms with Crippen molar-refractivity contribution in [1.29, 1.82) is 0 Å². The number of methoxy groups -OCH3 is 1. The van der Waals surface area contributed by atoms with Crippen LogP contribution >= 0.6 is 0 Å². The molecule has 126 valence electrons. The second kappa shape index (κ2) is 6.45. The summed E-state index contributed by atoms with van der Waals surface area (Å²) in [4.78, 5) is 19.4. The van der Waals surface area contributed by atoms with E-state index in [0.717, 1.165) is 17.9 Å². The molecule has 0 radical (unpaired) electrons. The van der Waals surface area contributed by atoms with Gasteiger partial charge in [0.15, 0.2) is 11.5 Å². The molecule has 0 aromatic carbocycles. The van der Waals surface area contributed by atoms with Gasteiger partial charge in [0.1, 0.15) is 17.9 Å². The van der Waals surface area contributed by atoms with Gasteiger partial charge in [-0.1, -0.05) is 0 Å². The summed E-state index contributed by atoms with van der Waals surface area (Å²) in [6.07, 6.45) is 2.87. The molecule has 1 aliphatic heterocycles. The normalized spacial score (nSPS) is 18.4. The standard InChI is InChI=1S/C13H17N9O2/c1-23-4-3-22-19-11(18-20-22)9-6-21(2-5-24-9)13-10-12(15-7-14-10)16-8-17-13/h7-9H,2-6H2,1H3,(H,14,15,16,17). The lowest BCUT2D eigenvalue weighted by Gasteiger charge is -2.32. The first-order valence-corrected chi connectivity index (χ1v) is 7.62. The average molecular weight is 331 g/mol. The summed E-state index contributed by atoms with van der Waals surface area (Å²) < 4.78 is 10.8. The fourth-order valence-corrected chi connectivity index (χ4v) is 2.64. The van der Waals surface area contributed by atoms with Crippen molar-refractivity contribution in [1.82, 2.24) is 40.1 Å². The highest BCUT2D eigenvalue weighted by Crippen LogP contribution is 2.26. The van der Waals surface area contributed by atoms with Crippen LogP contribution in [0.2, 0.25) is 0 Å². The van der Waals surface area contributed by atoms with Crippen LogP contribution in [-0.4, -0.2) is 73.6 Å². The van der Waals surface area contributed by atoms with Gasteiger partial charge in [-0.15, -0.1) is 10.2 Å². The van der Waals surface area contributed by atoms with Crippen molar-refractivity contribution in [2.75, 3.05) is 38.3 Å². The van der Waals surface area contributed by atoms with E-state index in [9.17, 15) is 0 Å². The van der Waals surface area contributed by atoms with Crippen LogP contribution in [0, 0.1) is 0 Å². The topological polar surface area (TPSA) is 120 Å². The van der Waals surface area contributed by atoms with Crippen LogP contribution in [0.5, 0.6) is 0 Å². The highest BCUT2D eigenvalue weighted by molar-refractivity contribution is 5.82. The number of hydrogen-bond acceptors (Lipinski definition) is 9. The maximum absolute atomic E-state index is 5.81. The molecule has 1 unspecified atom stereocenters. The van der Waals surface area contributed by atoms with Crippen LogP contribution in [-0.2, 0) is 16.0 Å². The zero-order valence-corrected chi connectivity index (χ0v) is 13.2. The van der Waals surface area contributed by atoms with Gasteiger partial charge in [-0.2, -0.15) is 4.80 Å². The molecule has 1 aliphatic rings. The van der Waals surface area contributed by atoms with E-state index in [1.54, 1.807) is 13.4 Å². The van der Waals surface area contributed by atoms with Gasteiger partial charge < -0.3 is 19.4 Å². The molecule has 11 nitrogen and oxygen atoms in total. The first-order chi connectivity index (χ1) is 11.8. The van der Waals surface area contributed by atoms with E-state index in [2.05, 4.69) is 40.2 Å². The third-order valence-electron chi connectivity index (χ3n) is 3.82. The summed E-state index contributed by atoms with van der Waals surface area (Å²) in [6, 6.07) is 0. The second-order valence-electron chi connectivity index (χ2n) is 5.34. The number of aromatic nitrogens is 8. The fraction of sp³-hybridized carbons (Fsp3) is 0.538. The largest absolute Gasteiger partial charge is 0.383 e. The lowest BCUT2D eigenvalue weighted by Crippen LogP contribution is -2.39. The van der Waals surface area contributed by atoms with E-state index in [1.165, 1.54) is 11.1 Å². The maximum atomic E-state index is 5.81. The number of nitrogens with zero attached hydrogens (tertiary/aromatic N) is 8.